The zero-order valence-electron chi connectivity index (χ0n) is 12.5. The minimum absolute atomic E-state index is 0.0530. The molecule has 4 nitrogen and oxygen atoms in total. The van der Waals surface area contributed by atoms with Crippen molar-refractivity contribution in [3.05, 3.63) is 58.1 Å². The molecule has 0 spiro atoms. The molecule has 2 rings (SSSR count). The normalized spacial score (nSPS) is 11.3. The molecule has 0 aliphatic rings. The number of hydrogen-bond donors (Lipinski definition) is 1. The zero-order chi connectivity index (χ0) is 16.5. The van der Waals surface area contributed by atoms with Gasteiger partial charge in [-0.05, 0) is 49.2 Å². The largest absolute Gasteiger partial charge is 0.322 e. The summed E-state index contributed by atoms with van der Waals surface area (Å²) in [4.78, 5) is 12.3. The number of rotatable bonds is 3. The van der Waals surface area contributed by atoms with Crippen LogP contribution in [0.3, 0.4) is 0 Å². The first-order valence-electron chi connectivity index (χ1n) is 6.56. The van der Waals surface area contributed by atoms with E-state index < -0.39 is 9.84 Å². The van der Waals surface area contributed by atoms with Crippen molar-refractivity contribution in [2.24, 2.45) is 0 Å². The van der Waals surface area contributed by atoms with Crippen LogP contribution in [0.2, 0.25) is 5.02 Å². The van der Waals surface area contributed by atoms with Crippen LogP contribution in [0.1, 0.15) is 21.5 Å². The minimum atomic E-state index is -3.49. The topological polar surface area (TPSA) is 63.2 Å². The van der Waals surface area contributed by atoms with Crippen LogP contribution in [-0.4, -0.2) is 20.6 Å². The van der Waals surface area contributed by atoms with Crippen molar-refractivity contribution in [1.29, 1.82) is 0 Å². The van der Waals surface area contributed by atoms with Gasteiger partial charge in [0.25, 0.3) is 5.91 Å². The number of benzene rings is 2. The molecule has 0 aliphatic carbocycles. The van der Waals surface area contributed by atoms with Crippen LogP contribution in [-0.2, 0) is 9.84 Å². The lowest BCUT2D eigenvalue weighted by molar-refractivity contribution is 0.102. The van der Waals surface area contributed by atoms with E-state index in [1.165, 1.54) is 18.2 Å². The van der Waals surface area contributed by atoms with Crippen molar-refractivity contribution in [3.63, 3.8) is 0 Å². The molecule has 0 unspecified atom stereocenters. The molecule has 1 amide bonds. The molecule has 1 N–H and O–H groups in total. The predicted molar refractivity (Wildman–Crippen MR) is 88.4 cm³/mol. The summed E-state index contributed by atoms with van der Waals surface area (Å²) in [7, 11) is -3.49. The maximum absolute atomic E-state index is 12.3. The van der Waals surface area contributed by atoms with E-state index in [0.29, 0.717) is 5.69 Å². The molecule has 0 radical (unpaired) electrons. The van der Waals surface area contributed by atoms with Crippen LogP contribution in [0.4, 0.5) is 5.69 Å². The molecule has 116 valence electrons. The second-order valence-corrected chi connectivity index (χ2v) is 7.58. The van der Waals surface area contributed by atoms with Gasteiger partial charge in [-0.15, -0.1) is 0 Å². The van der Waals surface area contributed by atoms with Gasteiger partial charge in [-0.3, -0.25) is 4.79 Å². The highest BCUT2D eigenvalue weighted by Crippen LogP contribution is 2.24. The Labute approximate surface area is 135 Å². The summed E-state index contributed by atoms with van der Waals surface area (Å²) in [5.41, 5.74) is 2.89. The Morgan fingerprint density at radius 3 is 2.41 bits per heavy atom. The highest BCUT2D eigenvalue weighted by atomic mass is 35.5. The van der Waals surface area contributed by atoms with Crippen molar-refractivity contribution in [3.8, 4) is 0 Å². The Hall–Kier alpha value is -1.85. The van der Waals surface area contributed by atoms with Crippen LogP contribution >= 0.6 is 11.6 Å². The predicted octanol–water partition coefficient (Wildman–Crippen LogP) is 3.61. The Balaban J connectivity index is 2.36. The Morgan fingerprint density at radius 2 is 1.77 bits per heavy atom. The Kier molecular flexibility index (Phi) is 4.58. The second kappa shape index (κ2) is 6.10. The number of halogens is 1. The van der Waals surface area contributed by atoms with Crippen molar-refractivity contribution in [2.75, 3.05) is 11.6 Å². The lowest BCUT2D eigenvalue weighted by Crippen LogP contribution is -2.14. The quantitative estimate of drug-likeness (QED) is 0.930. The third-order valence-electron chi connectivity index (χ3n) is 3.23. The summed E-state index contributed by atoms with van der Waals surface area (Å²) in [5.74, 6) is -0.379. The number of amides is 1. The highest BCUT2D eigenvalue weighted by molar-refractivity contribution is 7.90. The summed E-state index contributed by atoms with van der Waals surface area (Å²) in [6.45, 7) is 3.82. The van der Waals surface area contributed by atoms with Gasteiger partial charge in [0.15, 0.2) is 9.84 Å². The summed E-state index contributed by atoms with van der Waals surface area (Å²) in [5, 5.41) is 2.89. The van der Waals surface area contributed by atoms with Crippen molar-refractivity contribution >= 4 is 33.0 Å². The van der Waals surface area contributed by atoms with Crippen LogP contribution in [0.5, 0.6) is 0 Å². The molecule has 6 heteroatoms. The number of aryl methyl sites for hydroxylation is 2. The maximum atomic E-state index is 12.3. The molecule has 0 saturated carbocycles. The third-order valence-corrected chi connectivity index (χ3v) is 4.81. The van der Waals surface area contributed by atoms with E-state index in [-0.39, 0.29) is 21.4 Å². The summed E-state index contributed by atoms with van der Waals surface area (Å²) in [6.07, 6.45) is 1.06. The van der Waals surface area contributed by atoms with Gasteiger partial charge in [0.2, 0.25) is 0 Å². The SMILES string of the molecule is Cc1ccc(C)c(NC(=O)c2ccc(Cl)c(S(C)(=O)=O)c2)c1. The molecular weight excluding hydrogens is 322 g/mol. The number of anilines is 1. The minimum Gasteiger partial charge on any atom is -0.322 e. The van der Waals surface area contributed by atoms with Gasteiger partial charge in [-0.2, -0.15) is 0 Å². The molecule has 2 aromatic rings. The van der Waals surface area contributed by atoms with Crippen molar-refractivity contribution in [2.45, 2.75) is 18.7 Å². The summed E-state index contributed by atoms with van der Waals surface area (Å²) >= 11 is 5.88. The third kappa shape index (κ3) is 3.67. The van der Waals surface area contributed by atoms with Gasteiger partial charge >= 0.3 is 0 Å². The van der Waals surface area contributed by atoms with E-state index >= 15 is 0 Å². The average molecular weight is 338 g/mol. The fraction of sp³-hybridized carbons (Fsp3) is 0.188. The first-order chi connectivity index (χ1) is 10.2. The summed E-state index contributed by atoms with van der Waals surface area (Å²) in [6, 6.07) is 9.93. The molecule has 0 aromatic heterocycles. The molecule has 22 heavy (non-hydrogen) atoms. The van der Waals surface area contributed by atoms with Crippen LogP contribution < -0.4 is 5.32 Å². The molecule has 0 saturated heterocycles. The molecule has 0 bridgehead atoms. The standard InChI is InChI=1S/C16H16ClNO3S/c1-10-4-5-11(2)14(8-10)18-16(19)12-6-7-13(17)15(9-12)22(3,20)21/h4-9H,1-3H3,(H,18,19). The molecular formula is C16H16ClNO3S. The van der Waals surface area contributed by atoms with Crippen LogP contribution in [0.15, 0.2) is 41.3 Å². The van der Waals surface area contributed by atoms with E-state index in [0.717, 1.165) is 17.4 Å². The Morgan fingerprint density at radius 1 is 1.09 bits per heavy atom. The molecule has 0 heterocycles. The number of carbonyl (C=O) groups is 1. The molecule has 0 atom stereocenters. The molecule has 0 fully saturated rings. The second-order valence-electron chi connectivity index (χ2n) is 5.19. The summed E-state index contributed by atoms with van der Waals surface area (Å²) < 4.78 is 23.3. The number of carbonyl (C=O) groups excluding carboxylic acids is 1. The van der Waals surface area contributed by atoms with Crippen molar-refractivity contribution in [1.82, 2.24) is 0 Å². The molecule has 2 aromatic carbocycles. The van der Waals surface area contributed by atoms with E-state index in [4.69, 9.17) is 11.6 Å². The smallest absolute Gasteiger partial charge is 0.255 e. The van der Waals surface area contributed by atoms with Crippen LogP contribution in [0, 0.1) is 13.8 Å². The maximum Gasteiger partial charge on any atom is 0.255 e. The number of sulfone groups is 1. The van der Waals surface area contributed by atoms with E-state index in [1.54, 1.807) is 0 Å². The first kappa shape index (κ1) is 16.5. The number of hydrogen-bond acceptors (Lipinski definition) is 3. The lowest BCUT2D eigenvalue weighted by Gasteiger charge is -2.10. The number of nitrogens with one attached hydrogen (secondary N) is 1. The first-order valence-corrected chi connectivity index (χ1v) is 8.83. The average Bonchev–Trinajstić information content (AvgIpc) is 2.42. The highest BCUT2D eigenvalue weighted by Gasteiger charge is 2.16. The van der Waals surface area contributed by atoms with E-state index in [2.05, 4.69) is 5.32 Å². The Bertz CT molecular complexity index is 844. The monoisotopic (exact) mass is 337 g/mol. The zero-order valence-corrected chi connectivity index (χ0v) is 14.0. The van der Waals surface area contributed by atoms with E-state index in [1.807, 2.05) is 32.0 Å². The fourth-order valence-corrected chi connectivity index (χ4v) is 3.30. The van der Waals surface area contributed by atoms with Gasteiger partial charge in [0.05, 0.1) is 9.92 Å². The van der Waals surface area contributed by atoms with Gasteiger partial charge in [0, 0.05) is 17.5 Å². The van der Waals surface area contributed by atoms with Gasteiger partial charge < -0.3 is 5.32 Å². The van der Waals surface area contributed by atoms with Gasteiger partial charge in [-0.1, -0.05) is 23.7 Å². The van der Waals surface area contributed by atoms with Crippen molar-refractivity contribution < 1.29 is 13.2 Å². The van der Waals surface area contributed by atoms with Gasteiger partial charge in [0.1, 0.15) is 0 Å². The molecule has 0 aliphatic heterocycles. The van der Waals surface area contributed by atoms with Crippen LogP contribution in [0.25, 0.3) is 0 Å². The lowest BCUT2D eigenvalue weighted by atomic mass is 10.1. The fourth-order valence-electron chi connectivity index (χ4n) is 1.99. The van der Waals surface area contributed by atoms with E-state index in [9.17, 15) is 13.2 Å². The van der Waals surface area contributed by atoms with Gasteiger partial charge in [-0.25, -0.2) is 8.42 Å².